The molecule has 1 aromatic carbocycles. The third-order valence-corrected chi connectivity index (χ3v) is 4.14. The molecule has 24 heavy (non-hydrogen) atoms. The summed E-state index contributed by atoms with van der Waals surface area (Å²) in [6.07, 6.45) is -0.297. The van der Waals surface area contributed by atoms with Crippen LogP contribution in [-0.4, -0.2) is 65.7 Å². The SMILES string of the molecule is CCOC(=O)N1CCN(C(=O)N(Cc2ccccc2)C(C)C)CC1. The second-order valence-electron chi connectivity index (χ2n) is 6.16. The first-order valence-corrected chi connectivity index (χ1v) is 8.54. The van der Waals surface area contributed by atoms with Crippen molar-refractivity contribution in [2.45, 2.75) is 33.4 Å². The zero-order chi connectivity index (χ0) is 17.5. The normalized spacial score (nSPS) is 14.7. The minimum atomic E-state index is -0.297. The first kappa shape index (κ1) is 18.1. The highest BCUT2D eigenvalue weighted by Crippen LogP contribution is 2.13. The second-order valence-corrected chi connectivity index (χ2v) is 6.16. The molecule has 0 aliphatic carbocycles. The highest BCUT2D eigenvalue weighted by atomic mass is 16.6. The maximum absolute atomic E-state index is 12.9. The quantitative estimate of drug-likeness (QED) is 0.851. The molecule has 3 amide bonds. The molecule has 0 bridgehead atoms. The summed E-state index contributed by atoms with van der Waals surface area (Å²) in [7, 11) is 0. The minimum Gasteiger partial charge on any atom is -0.450 e. The molecule has 1 saturated heterocycles. The van der Waals surface area contributed by atoms with Crippen molar-refractivity contribution in [1.29, 1.82) is 0 Å². The highest BCUT2D eigenvalue weighted by molar-refractivity contribution is 5.75. The fraction of sp³-hybridized carbons (Fsp3) is 0.556. The van der Waals surface area contributed by atoms with Crippen LogP contribution in [0.5, 0.6) is 0 Å². The van der Waals surface area contributed by atoms with Gasteiger partial charge < -0.3 is 19.4 Å². The van der Waals surface area contributed by atoms with Gasteiger partial charge in [-0.2, -0.15) is 0 Å². The number of rotatable bonds is 4. The van der Waals surface area contributed by atoms with Gasteiger partial charge in [0.15, 0.2) is 0 Å². The average Bonchev–Trinajstić information content (AvgIpc) is 2.60. The predicted octanol–water partition coefficient (Wildman–Crippen LogP) is 2.79. The third kappa shape index (κ3) is 4.63. The summed E-state index contributed by atoms with van der Waals surface area (Å²) in [5.41, 5.74) is 1.12. The van der Waals surface area contributed by atoms with E-state index in [1.165, 1.54) is 0 Å². The van der Waals surface area contributed by atoms with E-state index in [9.17, 15) is 9.59 Å². The number of ether oxygens (including phenoxy) is 1. The number of carbonyl (C=O) groups is 2. The van der Waals surface area contributed by atoms with E-state index in [-0.39, 0.29) is 18.2 Å². The summed E-state index contributed by atoms with van der Waals surface area (Å²) >= 11 is 0. The Morgan fingerprint density at radius 2 is 1.67 bits per heavy atom. The van der Waals surface area contributed by atoms with Crippen LogP contribution in [0.2, 0.25) is 0 Å². The van der Waals surface area contributed by atoms with Crippen LogP contribution in [0.25, 0.3) is 0 Å². The number of amides is 3. The molecule has 1 aromatic rings. The number of hydrogen-bond donors (Lipinski definition) is 0. The molecule has 1 aliphatic rings. The average molecular weight is 333 g/mol. The number of nitrogens with zero attached hydrogens (tertiary/aromatic N) is 3. The molecule has 1 heterocycles. The van der Waals surface area contributed by atoms with E-state index >= 15 is 0 Å². The second kappa shape index (κ2) is 8.57. The molecule has 6 nitrogen and oxygen atoms in total. The van der Waals surface area contributed by atoms with E-state index in [1.54, 1.807) is 11.8 Å². The van der Waals surface area contributed by atoms with Crippen molar-refractivity contribution in [3.05, 3.63) is 35.9 Å². The Labute approximate surface area is 144 Å². The van der Waals surface area contributed by atoms with Crippen molar-refractivity contribution >= 4 is 12.1 Å². The Morgan fingerprint density at radius 3 is 2.21 bits per heavy atom. The summed E-state index contributed by atoms with van der Waals surface area (Å²) in [6.45, 7) is 8.91. The maximum Gasteiger partial charge on any atom is 0.409 e. The summed E-state index contributed by atoms with van der Waals surface area (Å²) < 4.78 is 5.01. The van der Waals surface area contributed by atoms with Gasteiger partial charge in [0.2, 0.25) is 0 Å². The Balaban J connectivity index is 1.95. The first-order chi connectivity index (χ1) is 11.5. The number of piperazine rings is 1. The Morgan fingerprint density at radius 1 is 1.08 bits per heavy atom. The van der Waals surface area contributed by atoms with Crippen molar-refractivity contribution < 1.29 is 14.3 Å². The molecule has 1 aliphatic heterocycles. The summed E-state index contributed by atoms with van der Waals surface area (Å²) in [5.74, 6) is 0. The van der Waals surface area contributed by atoms with Gasteiger partial charge in [-0.1, -0.05) is 30.3 Å². The number of benzene rings is 1. The lowest BCUT2D eigenvalue weighted by molar-refractivity contribution is 0.0752. The van der Waals surface area contributed by atoms with Crippen molar-refractivity contribution in [1.82, 2.24) is 14.7 Å². The topological polar surface area (TPSA) is 53.1 Å². The molecule has 0 saturated carbocycles. The predicted molar refractivity (Wildman–Crippen MR) is 92.7 cm³/mol. The third-order valence-electron chi connectivity index (χ3n) is 4.14. The van der Waals surface area contributed by atoms with Crippen LogP contribution in [0, 0.1) is 0 Å². The monoisotopic (exact) mass is 333 g/mol. The Hall–Kier alpha value is -2.24. The van der Waals surface area contributed by atoms with Crippen LogP contribution in [0.1, 0.15) is 26.3 Å². The van der Waals surface area contributed by atoms with Crippen molar-refractivity contribution in [3.8, 4) is 0 Å². The van der Waals surface area contributed by atoms with E-state index in [0.29, 0.717) is 39.3 Å². The molecule has 6 heteroatoms. The first-order valence-electron chi connectivity index (χ1n) is 8.54. The Kier molecular flexibility index (Phi) is 6.46. The molecule has 0 unspecified atom stereocenters. The van der Waals surface area contributed by atoms with E-state index in [4.69, 9.17) is 4.74 Å². The zero-order valence-corrected chi connectivity index (χ0v) is 14.8. The number of urea groups is 1. The van der Waals surface area contributed by atoms with Crippen molar-refractivity contribution in [2.24, 2.45) is 0 Å². The molecule has 0 spiro atoms. The fourth-order valence-corrected chi connectivity index (χ4v) is 2.73. The molecular weight excluding hydrogens is 306 g/mol. The fourth-order valence-electron chi connectivity index (χ4n) is 2.73. The summed E-state index contributed by atoms with van der Waals surface area (Å²) in [6, 6.07) is 10.1. The lowest BCUT2D eigenvalue weighted by Crippen LogP contribution is -2.55. The van der Waals surface area contributed by atoms with Gasteiger partial charge in [-0.15, -0.1) is 0 Å². The van der Waals surface area contributed by atoms with Gasteiger partial charge in [0, 0.05) is 38.8 Å². The highest BCUT2D eigenvalue weighted by Gasteiger charge is 2.28. The van der Waals surface area contributed by atoms with Crippen molar-refractivity contribution in [3.63, 3.8) is 0 Å². The van der Waals surface area contributed by atoms with Gasteiger partial charge in [-0.05, 0) is 26.3 Å². The van der Waals surface area contributed by atoms with Gasteiger partial charge >= 0.3 is 12.1 Å². The van der Waals surface area contributed by atoms with Gasteiger partial charge in [0.05, 0.1) is 6.61 Å². The van der Waals surface area contributed by atoms with Gasteiger partial charge in [-0.25, -0.2) is 9.59 Å². The molecule has 0 N–H and O–H groups in total. The standard InChI is InChI=1S/C18H27N3O3/c1-4-24-18(23)20-12-10-19(11-13-20)17(22)21(15(2)3)14-16-8-6-5-7-9-16/h5-9,15H,4,10-14H2,1-3H3. The molecule has 2 rings (SSSR count). The van der Waals surface area contributed by atoms with Crippen LogP contribution in [0.4, 0.5) is 9.59 Å². The summed E-state index contributed by atoms with van der Waals surface area (Å²) in [5, 5.41) is 0. The van der Waals surface area contributed by atoms with E-state index < -0.39 is 0 Å². The Bertz CT molecular complexity index is 540. The lowest BCUT2D eigenvalue weighted by Gasteiger charge is -2.38. The largest absolute Gasteiger partial charge is 0.450 e. The van der Waals surface area contributed by atoms with E-state index in [0.717, 1.165) is 5.56 Å². The smallest absolute Gasteiger partial charge is 0.409 e. The minimum absolute atomic E-state index is 0.0253. The van der Waals surface area contributed by atoms with Gasteiger partial charge in [0.1, 0.15) is 0 Å². The summed E-state index contributed by atoms with van der Waals surface area (Å²) in [4.78, 5) is 30.0. The van der Waals surface area contributed by atoms with E-state index in [2.05, 4.69) is 0 Å². The molecule has 0 atom stereocenters. The number of hydrogen-bond acceptors (Lipinski definition) is 3. The maximum atomic E-state index is 12.9. The number of carbonyl (C=O) groups excluding carboxylic acids is 2. The van der Waals surface area contributed by atoms with Gasteiger partial charge in [0.25, 0.3) is 0 Å². The van der Waals surface area contributed by atoms with Gasteiger partial charge in [-0.3, -0.25) is 0 Å². The van der Waals surface area contributed by atoms with E-state index in [1.807, 2.05) is 54.0 Å². The zero-order valence-electron chi connectivity index (χ0n) is 14.8. The van der Waals surface area contributed by atoms with Crippen LogP contribution in [0.15, 0.2) is 30.3 Å². The van der Waals surface area contributed by atoms with Crippen molar-refractivity contribution in [2.75, 3.05) is 32.8 Å². The van der Waals surface area contributed by atoms with Crippen LogP contribution in [-0.2, 0) is 11.3 Å². The molecule has 0 aromatic heterocycles. The molecule has 1 fully saturated rings. The molecule has 0 radical (unpaired) electrons. The molecular formula is C18H27N3O3. The van der Waals surface area contributed by atoms with Crippen LogP contribution < -0.4 is 0 Å². The van der Waals surface area contributed by atoms with Crippen LogP contribution >= 0.6 is 0 Å². The lowest BCUT2D eigenvalue weighted by atomic mass is 10.2. The molecule has 132 valence electrons. The van der Waals surface area contributed by atoms with Crippen LogP contribution in [0.3, 0.4) is 0 Å².